The summed E-state index contributed by atoms with van der Waals surface area (Å²) in [5.41, 5.74) is 4.80. The normalized spacial score (nSPS) is 11.2. The quantitative estimate of drug-likeness (QED) is 0.202. The molecule has 184 valence electrons. The molecule has 2 aromatic carbocycles. The molecule has 0 radical (unpaired) electrons. The van der Waals surface area contributed by atoms with Crippen molar-refractivity contribution in [3.63, 3.8) is 0 Å². The fourth-order valence-electron chi connectivity index (χ4n) is 4.40. The van der Waals surface area contributed by atoms with Gasteiger partial charge in [-0.2, -0.15) is 5.26 Å². The number of benzene rings is 2. The van der Waals surface area contributed by atoms with Crippen molar-refractivity contribution < 1.29 is 20.4 Å². The molecule has 0 atom stereocenters. The van der Waals surface area contributed by atoms with Gasteiger partial charge in [0.2, 0.25) is 0 Å². The summed E-state index contributed by atoms with van der Waals surface area (Å²) in [6, 6.07) is 24.7. The van der Waals surface area contributed by atoms with Gasteiger partial charge in [-0.05, 0) is 42.5 Å². The molecule has 0 fully saturated rings. The van der Waals surface area contributed by atoms with Crippen LogP contribution in [0.3, 0.4) is 0 Å². The Morgan fingerprint density at radius 1 is 0.789 bits per heavy atom. The number of aromatic nitrogens is 6. The summed E-state index contributed by atoms with van der Waals surface area (Å²) in [5.74, 6) is 1.31. The second-order valence-electron chi connectivity index (χ2n) is 9.02. The molecule has 0 amide bonds. The van der Waals surface area contributed by atoms with Gasteiger partial charge in [-0.25, -0.2) is 4.85 Å². The van der Waals surface area contributed by atoms with Gasteiger partial charge in [-0.1, -0.05) is 66.2 Å². The number of nitriles is 1. The van der Waals surface area contributed by atoms with Gasteiger partial charge < -0.3 is 19.1 Å². The summed E-state index contributed by atoms with van der Waals surface area (Å²) in [4.78, 5) is 22.1. The largest absolute Gasteiger partial charge is 2.00 e. The Morgan fingerprint density at radius 3 is 1.89 bits per heavy atom. The molecule has 4 aromatic heterocycles. The molecular weight excluding hydrogens is 567 g/mol. The monoisotopic (exact) mass is 584 g/mol. The molecule has 0 spiro atoms. The minimum Gasteiger partial charge on any atom is -0.413 e. The summed E-state index contributed by atoms with van der Waals surface area (Å²) in [6.07, 6.45) is 5.96. The summed E-state index contributed by atoms with van der Waals surface area (Å²) >= 11 is 0. The summed E-state index contributed by atoms with van der Waals surface area (Å²) in [5, 5.41) is 9.41. The zero-order chi connectivity index (χ0) is 25.6. The maximum atomic E-state index is 9.41. The van der Waals surface area contributed by atoms with E-state index in [-0.39, 0.29) is 20.4 Å². The van der Waals surface area contributed by atoms with Gasteiger partial charge >= 0.3 is 20.4 Å². The van der Waals surface area contributed by atoms with Gasteiger partial charge in [0.1, 0.15) is 0 Å². The number of rotatable bonds is 4. The minimum atomic E-state index is -0.543. The van der Waals surface area contributed by atoms with Crippen LogP contribution in [0.4, 0.5) is 5.69 Å². The summed E-state index contributed by atoms with van der Waals surface area (Å²) in [6.45, 7) is 11.5. The van der Waals surface area contributed by atoms with E-state index in [1.54, 1.807) is 21.3 Å². The number of hydrogen-bond donors (Lipinski definition) is 0. The van der Waals surface area contributed by atoms with Gasteiger partial charge in [0.15, 0.2) is 5.69 Å². The number of nitrogens with zero attached hydrogens (tertiary/aromatic N) is 8. The van der Waals surface area contributed by atoms with E-state index >= 15 is 0 Å². The zero-order valence-corrected chi connectivity index (χ0v) is 21.9. The fourth-order valence-corrected chi connectivity index (χ4v) is 4.40. The van der Waals surface area contributed by atoms with Crippen molar-refractivity contribution in [3.05, 3.63) is 114 Å². The molecule has 6 aromatic rings. The van der Waals surface area contributed by atoms with Crippen LogP contribution in [0.25, 0.3) is 38.5 Å². The van der Waals surface area contributed by atoms with E-state index in [1.807, 2.05) is 60.7 Å². The average Bonchev–Trinajstić information content (AvgIpc) is 3.58. The van der Waals surface area contributed by atoms with Crippen LogP contribution in [0.15, 0.2) is 72.8 Å². The Balaban J connectivity index is 0.00000294. The van der Waals surface area contributed by atoms with Crippen LogP contribution in [0.2, 0.25) is 0 Å². The third kappa shape index (κ3) is 3.96. The summed E-state index contributed by atoms with van der Waals surface area (Å²) in [7, 11) is 0. The van der Waals surface area contributed by atoms with E-state index in [1.165, 1.54) is 0 Å². The van der Waals surface area contributed by atoms with Gasteiger partial charge in [0, 0.05) is 35.0 Å². The standard InChI is InChI=1S/C29H18N8.Pd/c1-29(2,23-12-6-14-25(34-23)36-17-32-27-19(16-30)8-4-10-21(27)36)24-13-7-15-26(35-24)37-18-33-28-20(31-3)9-5-11-22(28)37;/h4-15H,1-2H3;/q-2;+2. The molecule has 0 N–H and O–H groups in total. The van der Waals surface area contributed by atoms with E-state index in [9.17, 15) is 5.26 Å². The molecule has 0 aliphatic rings. The van der Waals surface area contributed by atoms with Crippen molar-refractivity contribution in [2.24, 2.45) is 0 Å². The Morgan fingerprint density at radius 2 is 1.32 bits per heavy atom. The van der Waals surface area contributed by atoms with Crippen LogP contribution in [-0.4, -0.2) is 29.1 Å². The van der Waals surface area contributed by atoms with Crippen molar-refractivity contribution >= 4 is 27.8 Å². The van der Waals surface area contributed by atoms with Crippen molar-refractivity contribution in [2.75, 3.05) is 0 Å². The molecule has 0 saturated carbocycles. The first kappa shape index (κ1) is 25.0. The minimum absolute atomic E-state index is 0. The maximum Gasteiger partial charge on any atom is 2.00 e. The first-order valence-electron chi connectivity index (χ1n) is 11.5. The molecule has 6 rings (SSSR count). The topological polar surface area (TPSA) is 89.6 Å². The molecule has 0 bridgehead atoms. The molecule has 8 nitrogen and oxygen atoms in total. The SMILES string of the molecule is [C-]#[N+]c1cccc2c1n[c-]n2-c1cccc(C(C)(C)c2cccc(-n3[c-]nc4c(C#N)cccc43)n2)n1.[Pd+2]. The van der Waals surface area contributed by atoms with Gasteiger partial charge in [0.05, 0.1) is 24.3 Å². The van der Waals surface area contributed by atoms with E-state index in [0.29, 0.717) is 33.9 Å². The summed E-state index contributed by atoms with van der Waals surface area (Å²) < 4.78 is 3.54. The number of hydrogen-bond acceptors (Lipinski definition) is 5. The van der Waals surface area contributed by atoms with Crippen molar-refractivity contribution in [1.82, 2.24) is 29.1 Å². The van der Waals surface area contributed by atoms with Gasteiger partial charge in [0.25, 0.3) is 0 Å². The second kappa shape index (κ2) is 9.65. The Hall–Kier alpha value is -4.68. The van der Waals surface area contributed by atoms with Gasteiger partial charge in [-0.3, -0.25) is 9.97 Å². The van der Waals surface area contributed by atoms with Crippen LogP contribution < -0.4 is 0 Å². The predicted molar refractivity (Wildman–Crippen MR) is 139 cm³/mol. The predicted octanol–water partition coefficient (Wildman–Crippen LogP) is 5.50. The molecular formula is C29H18N8Pd. The van der Waals surface area contributed by atoms with Crippen LogP contribution in [0, 0.1) is 30.6 Å². The zero-order valence-electron chi connectivity index (χ0n) is 20.3. The molecule has 38 heavy (non-hydrogen) atoms. The van der Waals surface area contributed by atoms with Crippen molar-refractivity contribution in [2.45, 2.75) is 19.3 Å². The Kier molecular flexibility index (Phi) is 6.35. The van der Waals surface area contributed by atoms with Gasteiger partial charge in [-0.15, -0.1) is 0 Å². The molecule has 4 heterocycles. The van der Waals surface area contributed by atoms with E-state index < -0.39 is 5.41 Å². The molecule has 0 aliphatic heterocycles. The van der Waals surface area contributed by atoms with Crippen molar-refractivity contribution in [1.29, 1.82) is 5.26 Å². The third-order valence-corrected chi connectivity index (χ3v) is 6.46. The van der Waals surface area contributed by atoms with Crippen LogP contribution in [0.1, 0.15) is 30.8 Å². The average molecular weight is 585 g/mol. The fraction of sp³-hybridized carbons (Fsp3) is 0.103. The molecule has 0 saturated heterocycles. The smallest absolute Gasteiger partial charge is 0.413 e. The Labute approximate surface area is 232 Å². The molecule has 9 heteroatoms. The van der Waals surface area contributed by atoms with Crippen LogP contribution in [-0.2, 0) is 25.8 Å². The third-order valence-electron chi connectivity index (χ3n) is 6.46. The van der Waals surface area contributed by atoms with E-state index in [2.05, 4.69) is 47.4 Å². The Bertz CT molecular complexity index is 1760. The number of pyridine rings is 2. The first-order chi connectivity index (χ1) is 18.0. The van der Waals surface area contributed by atoms with Crippen LogP contribution in [0.5, 0.6) is 0 Å². The molecule has 0 aliphatic carbocycles. The van der Waals surface area contributed by atoms with Crippen molar-refractivity contribution in [3.8, 4) is 17.7 Å². The van der Waals surface area contributed by atoms with Crippen LogP contribution >= 0.6 is 0 Å². The number of imidazole rings is 2. The second-order valence-corrected chi connectivity index (χ2v) is 9.02. The number of para-hydroxylation sites is 2. The number of fused-ring (bicyclic) bond motifs is 2. The maximum absolute atomic E-state index is 9.41. The first-order valence-corrected chi connectivity index (χ1v) is 11.5. The van der Waals surface area contributed by atoms with E-state index in [0.717, 1.165) is 22.4 Å². The van der Waals surface area contributed by atoms with E-state index in [4.69, 9.17) is 16.5 Å². The molecule has 0 unspecified atom stereocenters.